The number of hydrogen-bond acceptors (Lipinski definition) is 33. The Kier molecular flexibility index (Phi) is 33.8. The zero-order chi connectivity index (χ0) is 85.2. The van der Waals surface area contributed by atoms with Crippen LogP contribution in [0.5, 0.6) is 36.1 Å². The summed E-state index contributed by atoms with van der Waals surface area (Å²) in [5.41, 5.74) is 37.1. The lowest BCUT2D eigenvalue weighted by Crippen LogP contribution is -2.18. The largest absolute Gasteiger partial charge is 0.467 e. The molecule has 42 nitrogen and oxygen atoms in total. The minimum absolute atomic E-state index is 0.0147. The van der Waals surface area contributed by atoms with Crippen LogP contribution in [0.1, 0.15) is 73.7 Å². The summed E-state index contributed by atoms with van der Waals surface area (Å²) in [6.07, 6.45) is 1.50. The highest BCUT2D eigenvalue weighted by Crippen LogP contribution is 2.28. The number of hydrogen-bond donors (Lipinski definition) is 9. The van der Waals surface area contributed by atoms with E-state index in [0.29, 0.717) is 146 Å². The first-order valence-corrected chi connectivity index (χ1v) is 36.5. The van der Waals surface area contributed by atoms with Crippen LogP contribution in [-0.2, 0) is 61.3 Å². The summed E-state index contributed by atoms with van der Waals surface area (Å²) >= 11 is 0. The first kappa shape index (κ1) is 89.1. The standard InChI is InChI=1S/C17H19N5O4.C17H21N5O3.C15H17N5O3.C13H13N5O2.C10H15N5O3.C3H8.CO2/c1-10(23)12-5-3-11(4-6-12)9-22-15-13(19-17(22)24)14(18)20-16(21-15)26-8-7-25-2;1-3-24-17-19-13-14(18)20-16(25-10-9-23-2)21-15(13)22(17)11-12-7-5-4-6-8-12;1-22-7-8-23-14-18-12(16)11-13(19-14)20(15(21)17-11)9-10-5-3-2-4-6-10;1-20-12-16-10(14)9-11(17-12)18(13(19)15-9)7-8-5-3-2-4-6-8;1-3-15-8-6(12-10(15)16)7(11)13-9(14-8)18-5-4-17-2;1-3-2;2-1-3/h3-6H,7-9H2,1-2H3,(H,19,24)(H2,18,20,21);4-8H,3,9-11H2,1-2H3,(H2,18,20,21);2-6H,7-9H2,1H3,(H,17,21)(H2,16,18,19);2-6H,7H2,1H3,(H,15,19)(H2,14,16,17);3-5H2,1-2H3,(H,12,16)(H2,11,13,14);3H2,1-2H3;. The Morgan fingerprint density at radius 3 is 0.966 bits per heavy atom. The van der Waals surface area contributed by atoms with Gasteiger partial charge in [0.15, 0.2) is 68.6 Å². The molecule has 624 valence electrons. The summed E-state index contributed by atoms with van der Waals surface area (Å²) < 4.78 is 59.7. The predicted molar refractivity (Wildman–Crippen MR) is 436 cm³/mol. The normalized spacial score (nSPS) is 10.6. The number of Topliss-reactive ketones (excluding diaryl/α,β-unsaturated/α-hetero) is 1. The number of nitrogens with two attached hydrogens (primary N) is 5. The maximum atomic E-state index is 12.3. The minimum Gasteiger partial charge on any atom is -0.467 e. The molecule has 42 heteroatoms. The highest BCUT2D eigenvalue weighted by Gasteiger charge is 2.22. The first-order valence-electron chi connectivity index (χ1n) is 36.5. The highest BCUT2D eigenvalue weighted by atomic mass is 16.5. The summed E-state index contributed by atoms with van der Waals surface area (Å²) in [4.78, 5) is 132. The zero-order valence-electron chi connectivity index (χ0n) is 66.6. The van der Waals surface area contributed by atoms with E-state index in [1.807, 2.05) is 109 Å². The van der Waals surface area contributed by atoms with Crippen molar-refractivity contribution in [2.24, 2.45) is 0 Å². The van der Waals surface area contributed by atoms with Gasteiger partial charge in [0, 0.05) is 40.5 Å². The second-order valence-electron chi connectivity index (χ2n) is 24.6. The second-order valence-corrected chi connectivity index (χ2v) is 24.6. The van der Waals surface area contributed by atoms with Crippen LogP contribution in [0, 0.1) is 0 Å². The fourth-order valence-corrected chi connectivity index (χ4v) is 10.8. The number of H-pyrrole nitrogens is 4. The monoisotopic (exact) mass is 1630 g/mol. The number of benzene rings is 4. The van der Waals surface area contributed by atoms with Crippen LogP contribution in [0.15, 0.2) is 134 Å². The van der Waals surface area contributed by atoms with Gasteiger partial charge in [-0.2, -0.15) is 64.4 Å². The Hall–Kier alpha value is -14.5. The van der Waals surface area contributed by atoms with E-state index in [1.165, 1.54) is 38.7 Å². The van der Waals surface area contributed by atoms with Crippen molar-refractivity contribution in [3.05, 3.63) is 185 Å². The average molecular weight is 1630 g/mol. The van der Waals surface area contributed by atoms with Crippen molar-refractivity contribution in [1.82, 2.24) is 97.6 Å². The summed E-state index contributed by atoms with van der Waals surface area (Å²) in [5.74, 6) is 0.924. The Balaban J connectivity index is 0.000000182. The Morgan fingerprint density at radius 1 is 0.364 bits per heavy atom. The molecule has 118 heavy (non-hydrogen) atoms. The molecular weight excluding hydrogens is 1530 g/mol. The maximum absolute atomic E-state index is 12.3. The van der Waals surface area contributed by atoms with Gasteiger partial charge in [-0.25, -0.2) is 19.2 Å². The van der Waals surface area contributed by atoms with E-state index in [0.717, 1.165) is 22.3 Å². The molecule has 0 atom stereocenters. The third-order valence-corrected chi connectivity index (χ3v) is 16.2. The molecule has 4 aromatic carbocycles. The number of rotatable bonds is 29. The SMILES string of the molecule is CCC.CCOc1nc2c(N)nc(OCCOC)nc2n1Cc1ccccc1.CCn1c(=O)[nH]c2c(N)nc(OCCOC)nc21.COCCOc1nc(N)c2[nH]c(=O)n(Cc3ccc(C(C)=O)cc3)c2n1.COCCOc1nc(N)c2[nH]c(=O)n(Cc3ccccc3)c2n1.COc1nc(N)c2[nH]c(=O)n(Cc3ccccc3)c2n1.O=C=O. The third kappa shape index (κ3) is 24.1. The van der Waals surface area contributed by atoms with Crippen LogP contribution >= 0.6 is 0 Å². The summed E-state index contributed by atoms with van der Waals surface area (Å²) in [6.45, 7) is 15.0. The lowest BCUT2D eigenvalue weighted by molar-refractivity contribution is -0.191. The van der Waals surface area contributed by atoms with Gasteiger partial charge in [-0.3, -0.25) is 27.6 Å². The predicted octanol–water partition coefficient (Wildman–Crippen LogP) is 4.97. The highest BCUT2D eigenvalue weighted by molar-refractivity contribution is 5.94. The van der Waals surface area contributed by atoms with E-state index in [-0.39, 0.29) is 107 Å². The molecule has 14 aromatic rings. The molecule has 0 unspecified atom stereocenters. The average Bonchev–Trinajstić information content (AvgIpc) is 1.66. The molecule has 0 spiro atoms. The van der Waals surface area contributed by atoms with E-state index >= 15 is 0 Å². The van der Waals surface area contributed by atoms with Gasteiger partial charge in [0.05, 0.1) is 66.3 Å². The number of anilines is 5. The van der Waals surface area contributed by atoms with Gasteiger partial charge in [-0.15, -0.1) is 0 Å². The molecule has 0 aliphatic heterocycles. The number of aryl methyl sites for hydroxylation is 1. The number of carbonyl (C=O) groups is 1. The van der Waals surface area contributed by atoms with E-state index in [4.69, 9.17) is 85.6 Å². The van der Waals surface area contributed by atoms with Crippen molar-refractivity contribution in [2.75, 3.05) is 124 Å². The van der Waals surface area contributed by atoms with E-state index < -0.39 is 0 Å². The smallest absolute Gasteiger partial charge is 0.373 e. The van der Waals surface area contributed by atoms with Crippen molar-refractivity contribution in [3.63, 3.8) is 0 Å². The molecule has 0 amide bonds. The molecule has 0 bridgehead atoms. The number of nitrogens with zero attached hydrogens (tertiary/aromatic N) is 16. The zero-order valence-corrected chi connectivity index (χ0v) is 66.6. The Bertz CT molecular complexity index is 5840. The van der Waals surface area contributed by atoms with Crippen molar-refractivity contribution in [2.45, 2.75) is 73.8 Å². The molecule has 0 fully saturated rings. The van der Waals surface area contributed by atoms with Crippen LogP contribution in [0.2, 0.25) is 0 Å². The van der Waals surface area contributed by atoms with Gasteiger partial charge >= 0.3 is 59.0 Å². The van der Waals surface area contributed by atoms with E-state index in [1.54, 1.807) is 52.7 Å². The van der Waals surface area contributed by atoms with Crippen molar-refractivity contribution < 1.29 is 61.8 Å². The molecular formula is C76H93N25O17. The van der Waals surface area contributed by atoms with Crippen molar-refractivity contribution >= 4 is 96.8 Å². The molecule has 0 radical (unpaired) electrons. The second kappa shape index (κ2) is 44.8. The number of carbonyl (C=O) groups excluding carboxylic acids is 3. The lowest BCUT2D eigenvalue weighted by atomic mass is 10.1. The minimum atomic E-state index is -0.356. The van der Waals surface area contributed by atoms with E-state index in [9.17, 15) is 24.0 Å². The molecule has 10 aromatic heterocycles. The van der Waals surface area contributed by atoms with Gasteiger partial charge in [0.2, 0.25) is 0 Å². The molecule has 0 saturated heterocycles. The lowest BCUT2D eigenvalue weighted by Gasteiger charge is -2.09. The third-order valence-electron chi connectivity index (χ3n) is 16.2. The number of ether oxygens (including phenoxy) is 10. The molecule has 0 aliphatic rings. The molecule has 0 saturated carbocycles. The number of fused-ring (bicyclic) bond motifs is 5. The van der Waals surface area contributed by atoms with Crippen LogP contribution in [0.3, 0.4) is 0 Å². The summed E-state index contributed by atoms with van der Waals surface area (Å²) in [5, 5.41) is 0. The molecule has 10 heterocycles. The molecule has 14 N–H and O–H groups in total. The fourth-order valence-electron chi connectivity index (χ4n) is 10.8. The van der Waals surface area contributed by atoms with Gasteiger partial charge in [-0.05, 0) is 43.0 Å². The number of aromatic nitrogens is 20. The maximum Gasteiger partial charge on any atom is 0.373 e. The van der Waals surface area contributed by atoms with Gasteiger partial charge in [0.1, 0.15) is 48.5 Å². The number of aromatic amines is 4. The van der Waals surface area contributed by atoms with Crippen LogP contribution in [-0.4, -0.2) is 205 Å². The van der Waals surface area contributed by atoms with Gasteiger partial charge in [-0.1, -0.05) is 136 Å². The van der Waals surface area contributed by atoms with Gasteiger partial charge in [0.25, 0.3) is 6.01 Å². The number of ketones is 1. The summed E-state index contributed by atoms with van der Waals surface area (Å²) in [7, 11) is 7.76. The van der Waals surface area contributed by atoms with Crippen LogP contribution in [0.25, 0.3) is 55.8 Å². The number of methoxy groups -OCH3 is 5. The number of imidazole rings is 5. The molecule has 14 rings (SSSR count). The summed E-state index contributed by atoms with van der Waals surface area (Å²) in [6, 6.07) is 37.4. The Morgan fingerprint density at radius 2 is 0.653 bits per heavy atom. The van der Waals surface area contributed by atoms with E-state index in [2.05, 4.69) is 88.6 Å². The first-order chi connectivity index (χ1) is 57.1. The quantitative estimate of drug-likeness (QED) is 0.0221. The number of nitrogens with one attached hydrogen (secondary N) is 4. The Labute approximate surface area is 672 Å². The van der Waals surface area contributed by atoms with Crippen molar-refractivity contribution in [1.29, 1.82) is 0 Å². The fraction of sp³-hybridized carbons (Fsp3) is 0.329. The van der Waals surface area contributed by atoms with Crippen molar-refractivity contribution in [3.8, 4) is 36.1 Å². The van der Waals surface area contributed by atoms with Gasteiger partial charge < -0.3 is 96.0 Å². The van der Waals surface area contributed by atoms with Crippen LogP contribution < -0.4 is 79.8 Å². The topological polar surface area (TPSA) is 571 Å². The van der Waals surface area contributed by atoms with Crippen LogP contribution in [0.4, 0.5) is 29.1 Å². The molecule has 0 aliphatic carbocycles. The number of nitrogen functional groups attached to an aromatic ring is 5.